The third-order valence-electron chi connectivity index (χ3n) is 3.66. The van der Waals surface area contributed by atoms with E-state index in [4.69, 9.17) is 0 Å². The van der Waals surface area contributed by atoms with Crippen LogP contribution in [0.4, 0.5) is 18.9 Å². The summed E-state index contributed by atoms with van der Waals surface area (Å²) in [5, 5.41) is 9.49. The number of amides is 2. The van der Waals surface area contributed by atoms with Gasteiger partial charge in [0.1, 0.15) is 6.54 Å². The van der Waals surface area contributed by atoms with Crippen LogP contribution >= 0.6 is 11.3 Å². The molecule has 0 aliphatic carbocycles. The second-order valence-electron chi connectivity index (χ2n) is 5.86. The molecule has 1 aromatic heterocycles. The SMILES string of the molecule is Cc1ccc(C(=O)NCC(F)(F)F)cc1NCC(=O)NCCc1cccs1. The molecule has 0 unspecified atom stereocenters. The van der Waals surface area contributed by atoms with Gasteiger partial charge in [-0.2, -0.15) is 13.2 Å². The van der Waals surface area contributed by atoms with E-state index in [-0.39, 0.29) is 18.0 Å². The molecule has 3 N–H and O–H groups in total. The summed E-state index contributed by atoms with van der Waals surface area (Å²) >= 11 is 1.62. The van der Waals surface area contributed by atoms with Gasteiger partial charge in [-0.1, -0.05) is 12.1 Å². The minimum Gasteiger partial charge on any atom is -0.376 e. The molecule has 2 amide bonds. The highest BCUT2D eigenvalue weighted by molar-refractivity contribution is 7.09. The summed E-state index contributed by atoms with van der Waals surface area (Å²) in [7, 11) is 0. The van der Waals surface area contributed by atoms with Crippen molar-refractivity contribution in [1.29, 1.82) is 0 Å². The van der Waals surface area contributed by atoms with Gasteiger partial charge in [-0.15, -0.1) is 11.3 Å². The van der Waals surface area contributed by atoms with Gasteiger partial charge in [-0.05, 0) is 42.5 Å². The van der Waals surface area contributed by atoms with E-state index in [1.807, 2.05) is 22.8 Å². The lowest BCUT2D eigenvalue weighted by molar-refractivity contribution is -0.123. The van der Waals surface area contributed by atoms with E-state index in [1.165, 1.54) is 17.0 Å². The Labute approximate surface area is 159 Å². The van der Waals surface area contributed by atoms with Crippen LogP contribution in [-0.4, -0.2) is 37.6 Å². The number of halogens is 3. The van der Waals surface area contributed by atoms with Crippen molar-refractivity contribution in [2.24, 2.45) is 0 Å². The molecule has 27 heavy (non-hydrogen) atoms. The van der Waals surface area contributed by atoms with E-state index in [0.717, 1.165) is 12.0 Å². The third kappa shape index (κ3) is 7.30. The smallest absolute Gasteiger partial charge is 0.376 e. The number of rotatable bonds is 8. The fourth-order valence-electron chi connectivity index (χ4n) is 2.25. The molecule has 2 rings (SSSR count). The summed E-state index contributed by atoms with van der Waals surface area (Å²) in [5.41, 5.74) is 1.38. The molecule has 146 valence electrons. The molecule has 9 heteroatoms. The zero-order chi connectivity index (χ0) is 19.9. The first-order valence-electron chi connectivity index (χ1n) is 8.23. The first kappa shape index (κ1) is 20.8. The van der Waals surface area contributed by atoms with Gasteiger partial charge in [0.15, 0.2) is 0 Å². The normalized spacial score (nSPS) is 11.1. The molecule has 0 aliphatic heterocycles. The predicted molar refractivity (Wildman–Crippen MR) is 99.1 cm³/mol. The van der Waals surface area contributed by atoms with Crippen LogP contribution in [0.2, 0.25) is 0 Å². The number of benzene rings is 1. The van der Waals surface area contributed by atoms with Gasteiger partial charge in [0.2, 0.25) is 5.91 Å². The standard InChI is InChI=1S/C18H20F3N3O2S/c1-12-4-5-13(17(26)24-11-18(19,20)21)9-15(12)23-10-16(25)22-7-6-14-3-2-8-27-14/h2-5,8-9,23H,6-7,10-11H2,1H3,(H,22,25)(H,24,26). The average Bonchev–Trinajstić information content (AvgIpc) is 3.11. The second-order valence-corrected chi connectivity index (χ2v) is 6.89. The van der Waals surface area contributed by atoms with Crippen LogP contribution in [0.15, 0.2) is 35.7 Å². The fourth-order valence-corrected chi connectivity index (χ4v) is 2.96. The second kappa shape index (κ2) is 9.40. The maximum Gasteiger partial charge on any atom is 0.405 e. The quantitative estimate of drug-likeness (QED) is 0.639. The van der Waals surface area contributed by atoms with Crippen LogP contribution < -0.4 is 16.0 Å². The molecule has 0 saturated heterocycles. The lowest BCUT2D eigenvalue weighted by atomic mass is 10.1. The largest absolute Gasteiger partial charge is 0.405 e. The van der Waals surface area contributed by atoms with E-state index in [0.29, 0.717) is 12.2 Å². The lowest BCUT2D eigenvalue weighted by Crippen LogP contribution is -2.34. The summed E-state index contributed by atoms with van der Waals surface area (Å²) in [6, 6.07) is 8.42. The Morgan fingerprint density at radius 3 is 2.59 bits per heavy atom. The number of thiophene rings is 1. The van der Waals surface area contributed by atoms with Crippen molar-refractivity contribution >= 4 is 28.8 Å². The van der Waals surface area contributed by atoms with E-state index >= 15 is 0 Å². The molecule has 0 atom stereocenters. The Morgan fingerprint density at radius 2 is 1.93 bits per heavy atom. The van der Waals surface area contributed by atoms with Gasteiger partial charge in [0, 0.05) is 22.7 Å². The fraction of sp³-hybridized carbons (Fsp3) is 0.333. The van der Waals surface area contributed by atoms with E-state index in [9.17, 15) is 22.8 Å². The summed E-state index contributed by atoms with van der Waals surface area (Å²) in [5.74, 6) is -1.03. The van der Waals surface area contributed by atoms with Crippen LogP contribution in [0.1, 0.15) is 20.8 Å². The Bertz CT molecular complexity index is 777. The van der Waals surface area contributed by atoms with Crippen LogP contribution in [0, 0.1) is 6.92 Å². The molecular weight excluding hydrogens is 379 g/mol. The monoisotopic (exact) mass is 399 g/mol. The minimum atomic E-state index is -4.47. The van der Waals surface area contributed by atoms with Gasteiger partial charge in [-0.25, -0.2) is 0 Å². The first-order chi connectivity index (χ1) is 12.7. The number of aryl methyl sites for hydroxylation is 1. The number of nitrogens with one attached hydrogen (secondary N) is 3. The van der Waals surface area contributed by atoms with E-state index in [2.05, 4.69) is 10.6 Å². The first-order valence-corrected chi connectivity index (χ1v) is 9.11. The van der Waals surface area contributed by atoms with Gasteiger partial charge in [0.25, 0.3) is 5.91 Å². The molecule has 0 fully saturated rings. The van der Waals surface area contributed by atoms with E-state index in [1.54, 1.807) is 24.3 Å². The zero-order valence-electron chi connectivity index (χ0n) is 14.7. The highest BCUT2D eigenvalue weighted by atomic mass is 32.1. The van der Waals surface area contributed by atoms with Crippen LogP contribution in [0.5, 0.6) is 0 Å². The molecule has 0 bridgehead atoms. The minimum absolute atomic E-state index is 0.00109. The van der Waals surface area contributed by atoms with Crippen molar-refractivity contribution in [3.05, 3.63) is 51.7 Å². The van der Waals surface area contributed by atoms with Gasteiger partial charge >= 0.3 is 6.18 Å². The average molecular weight is 399 g/mol. The van der Waals surface area contributed by atoms with Gasteiger partial charge < -0.3 is 16.0 Å². The highest BCUT2D eigenvalue weighted by Crippen LogP contribution is 2.18. The molecular formula is C18H20F3N3O2S. The van der Waals surface area contributed by atoms with E-state index < -0.39 is 18.6 Å². The third-order valence-corrected chi connectivity index (χ3v) is 4.60. The van der Waals surface area contributed by atoms with Crippen molar-refractivity contribution < 1.29 is 22.8 Å². The molecule has 1 aromatic carbocycles. The number of alkyl halides is 3. The summed E-state index contributed by atoms with van der Waals surface area (Å²) in [6.07, 6.45) is -3.72. The Morgan fingerprint density at radius 1 is 1.15 bits per heavy atom. The van der Waals surface area contributed by atoms with Crippen LogP contribution in [0.3, 0.4) is 0 Å². The lowest BCUT2D eigenvalue weighted by Gasteiger charge is -2.13. The Balaban J connectivity index is 1.84. The molecule has 2 aromatic rings. The van der Waals surface area contributed by atoms with Crippen molar-refractivity contribution in [2.75, 3.05) is 25.0 Å². The number of anilines is 1. The predicted octanol–water partition coefficient (Wildman–Crippen LogP) is 3.12. The Hall–Kier alpha value is -2.55. The van der Waals surface area contributed by atoms with Crippen molar-refractivity contribution in [3.63, 3.8) is 0 Å². The Kier molecular flexibility index (Phi) is 7.23. The van der Waals surface area contributed by atoms with Crippen LogP contribution in [0.25, 0.3) is 0 Å². The molecule has 0 saturated carbocycles. The van der Waals surface area contributed by atoms with Crippen molar-refractivity contribution in [2.45, 2.75) is 19.5 Å². The summed E-state index contributed by atoms with van der Waals surface area (Å²) < 4.78 is 36.6. The number of carbonyl (C=O) groups excluding carboxylic acids is 2. The topological polar surface area (TPSA) is 70.2 Å². The van der Waals surface area contributed by atoms with Gasteiger partial charge in [0.05, 0.1) is 6.54 Å². The molecule has 1 heterocycles. The maximum absolute atomic E-state index is 12.2. The summed E-state index contributed by atoms with van der Waals surface area (Å²) in [6.45, 7) is 0.891. The van der Waals surface area contributed by atoms with Crippen LogP contribution in [-0.2, 0) is 11.2 Å². The number of hydrogen-bond acceptors (Lipinski definition) is 4. The molecule has 0 aliphatic rings. The molecule has 0 spiro atoms. The van der Waals surface area contributed by atoms with Crippen molar-refractivity contribution in [1.82, 2.24) is 10.6 Å². The summed E-state index contributed by atoms with van der Waals surface area (Å²) in [4.78, 5) is 24.9. The van der Waals surface area contributed by atoms with Crippen molar-refractivity contribution in [3.8, 4) is 0 Å². The highest BCUT2D eigenvalue weighted by Gasteiger charge is 2.27. The molecule has 5 nitrogen and oxygen atoms in total. The number of carbonyl (C=O) groups is 2. The zero-order valence-corrected chi connectivity index (χ0v) is 15.5. The molecule has 0 radical (unpaired) electrons. The maximum atomic E-state index is 12.2. The van der Waals surface area contributed by atoms with Gasteiger partial charge in [-0.3, -0.25) is 9.59 Å². The number of hydrogen-bond donors (Lipinski definition) is 3.